The number of nitrogens with one attached hydrogen (secondary N) is 1. The van der Waals surface area contributed by atoms with E-state index in [1.54, 1.807) is 26.0 Å². The second kappa shape index (κ2) is 7.68. The fourth-order valence-electron chi connectivity index (χ4n) is 4.42. The van der Waals surface area contributed by atoms with Crippen molar-refractivity contribution >= 4 is 22.5 Å². The molecular weight excluding hydrogens is 443 g/mol. The SMILES string of the molecule is CC(C)(CC(O)(Cc1cc2cc(C#N)ncc2[nH]1)C(F)(F)F)c1cc(Cl)cc2c1OCC2. The second-order valence-electron chi connectivity index (χ2n) is 8.87. The third-order valence-corrected chi connectivity index (χ3v) is 6.12. The summed E-state index contributed by atoms with van der Waals surface area (Å²) < 4.78 is 48.3. The van der Waals surface area contributed by atoms with Gasteiger partial charge in [0.1, 0.15) is 17.5 Å². The van der Waals surface area contributed by atoms with Gasteiger partial charge in [0.15, 0.2) is 5.60 Å². The van der Waals surface area contributed by atoms with Crippen LogP contribution in [0.5, 0.6) is 5.75 Å². The summed E-state index contributed by atoms with van der Waals surface area (Å²) >= 11 is 6.22. The molecule has 1 atom stereocenters. The number of aromatic nitrogens is 2. The molecule has 1 unspecified atom stereocenters. The van der Waals surface area contributed by atoms with Crippen LogP contribution in [0.4, 0.5) is 13.2 Å². The summed E-state index contributed by atoms with van der Waals surface area (Å²) in [6.07, 6.45) is -4.14. The third-order valence-electron chi connectivity index (χ3n) is 5.90. The van der Waals surface area contributed by atoms with Gasteiger partial charge in [0.2, 0.25) is 0 Å². The molecule has 1 aliphatic rings. The van der Waals surface area contributed by atoms with E-state index in [9.17, 15) is 18.3 Å². The van der Waals surface area contributed by atoms with E-state index in [2.05, 4.69) is 9.97 Å². The normalized spacial score (nSPS) is 15.8. The summed E-state index contributed by atoms with van der Waals surface area (Å²) in [5.74, 6) is 0.546. The lowest BCUT2D eigenvalue weighted by molar-refractivity contribution is -0.266. The Morgan fingerprint density at radius 3 is 2.69 bits per heavy atom. The average molecular weight is 464 g/mol. The first kappa shape index (κ1) is 22.4. The van der Waals surface area contributed by atoms with Gasteiger partial charge in [-0.15, -0.1) is 0 Å². The number of fused-ring (bicyclic) bond motifs is 2. The predicted octanol–water partition coefficient (Wildman–Crippen LogP) is 5.23. The van der Waals surface area contributed by atoms with E-state index in [0.717, 1.165) is 5.56 Å². The molecule has 1 aliphatic heterocycles. The lowest BCUT2D eigenvalue weighted by Crippen LogP contribution is -2.51. The van der Waals surface area contributed by atoms with Crippen molar-refractivity contribution in [3.8, 4) is 11.8 Å². The first-order valence-corrected chi connectivity index (χ1v) is 10.4. The minimum absolute atomic E-state index is 0.157. The van der Waals surface area contributed by atoms with Gasteiger partial charge in [-0.25, -0.2) is 4.98 Å². The fraction of sp³-hybridized carbons (Fsp3) is 0.391. The molecule has 4 rings (SSSR count). The molecule has 2 aromatic heterocycles. The summed E-state index contributed by atoms with van der Waals surface area (Å²) in [5, 5.41) is 20.9. The van der Waals surface area contributed by atoms with Crippen molar-refractivity contribution in [2.24, 2.45) is 0 Å². The Balaban J connectivity index is 1.70. The fourth-order valence-corrected chi connectivity index (χ4v) is 4.67. The van der Waals surface area contributed by atoms with Crippen LogP contribution in [0.2, 0.25) is 5.02 Å². The molecule has 0 fully saturated rings. The van der Waals surface area contributed by atoms with Crippen molar-refractivity contribution in [3.05, 3.63) is 58.0 Å². The van der Waals surface area contributed by atoms with E-state index in [1.807, 2.05) is 6.07 Å². The van der Waals surface area contributed by atoms with Gasteiger partial charge in [-0.2, -0.15) is 18.4 Å². The number of halogens is 4. The van der Waals surface area contributed by atoms with Gasteiger partial charge in [-0.05, 0) is 41.7 Å². The van der Waals surface area contributed by atoms with Crippen LogP contribution in [0.25, 0.3) is 10.9 Å². The number of alkyl halides is 3. The molecule has 0 saturated carbocycles. The van der Waals surface area contributed by atoms with E-state index in [4.69, 9.17) is 21.6 Å². The van der Waals surface area contributed by atoms with Gasteiger partial charge < -0.3 is 14.8 Å². The Hall–Kier alpha value is -2.76. The van der Waals surface area contributed by atoms with E-state index in [0.29, 0.717) is 40.3 Å². The van der Waals surface area contributed by atoms with Crippen LogP contribution < -0.4 is 4.74 Å². The highest BCUT2D eigenvalue weighted by Crippen LogP contribution is 2.47. The smallest absolute Gasteiger partial charge is 0.417 e. The van der Waals surface area contributed by atoms with Gasteiger partial charge in [-0.1, -0.05) is 25.4 Å². The van der Waals surface area contributed by atoms with Gasteiger partial charge in [0.25, 0.3) is 0 Å². The molecule has 168 valence electrons. The van der Waals surface area contributed by atoms with Crippen molar-refractivity contribution in [2.75, 3.05) is 6.61 Å². The van der Waals surface area contributed by atoms with E-state index in [1.165, 1.54) is 18.3 Å². The van der Waals surface area contributed by atoms with Crippen molar-refractivity contribution in [1.29, 1.82) is 5.26 Å². The molecule has 0 bridgehead atoms. The van der Waals surface area contributed by atoms with Gasteiger partial charge in [0, 0.05) is 34.5 Å². The molecule has 0 aliphatic carbocycles. The highest BCUT2D eigenvalue weighted by molar-refractivity contribution is 6.30. The molecule has 0 spiro atoms. The van der Waals surface area contributed by atoms with Crippen LogP contribution in [-0.4, -0.2) is 33.5 Å². The Bertz CT molecular complexity index is 1230. The molecular formula is C23H21ClF3N3O2. The molecule has 2 N–H and O–H groups in total. The first-order valence-electron chi connectivity index (χ1n) is 10.0. The zero-order valence-corrected chi connectivity index (χ0v) is 18.2. The average Bonchev–Trinajstić information content (AvgIpc) is 3.30. The maximum Gasteiger partial charge on any atom is 0.417 e. The van der Waals surface area contributed by atoms with Crippen molar-refractivity contribution in [2.45, 2.75) is 50.3 Å². The molecule has 3 heterocycles. The highest BCUT2D eigenvalue weighted by Gasteiger charge is 2.56. The number of hydrogen-bond acceptors (Lipinski definition) is 4. The number of rotatable bonds is 5. The predicted molar refractivity (Wildman–Crippen MR) is 114 cm³/mol. The van der Waals surface area contributed by atoms with Crippen molar-refractivity contribution in [1.82, 2.24) is 9.97 Å². The molecule has 5 nitrogen and oxygen atoms in total. The summed E-state index contributed by atoms with van der Waals surface area (Å²) in [7, 11) is 0. The zero-order chi connectivity index (χ0) is 23.3. The summed E-state index contributed by atoms with van der Waals surface area (Å²) in [4.78, 5) is 6.79. The molecule has 0 amide bonds. The number of pyridine rings is 1. The topological polar surface area (TPSA) is 81.9 Å². The number of ether oxygens (including phenoxy) is 1. The van der Waals surface area contributed by atoms with Crippen molar-refractivity contribution in [3.63, 3.8) is 0 Å². The van der Waals surface area contributed by atoms with Gasteiger partial charge in [0.05, 0.1) is 18.3 Å². The monoisotopic (exact) mass is 463 g/mol. The number of benzene rings is 1. The maximum atomic E-state index is 14.2. The number of aromatic amines is 1. The van der Waals surface area contributed by atoms with Crippen LogP contribution >= 0.6 is 11.6 Å². The minimum Gasteiger partial charge on any atom is -0.493 e. The Morgan fingerprint density at radius 1 is 1.25 bits per heavy atom. The summed E-state index contributed by atoms with van der Waals surface area (Å²) in [5.41, 5.74) is -1.87. The van der Waals surface area contributed by atoms with Crippen LogP contribution in [0.15, 0.2) is 30.5 Å². The summed E-state index contributed by atoms with van der Waals surface area (Å²) in [6.45, 7) is 3.73. The van der Waals surface area contributed by atoms with Crippen LogP contribution in [0.3, 0.4) is 0 Å². The number of H-pyrrole nitrogens is 1. The lowest BCUT2D eigenvalue weighted by Gasteiger charge is -2.38. The van der Waals surface area contributed by atoms with Gasteiger partial charge >= 0.3 is 6.18 Å². The number of hydrogen-bond donors (Lipinski definition) is 2. The highest BCUT2D eigenvalue weighted by atomic mass is 35.5. The van der Waals surface area contributed by atoms with Crippen LogP contribution in [-0.2, 0) is 18.3 Å². The Labute approximate surface area is 187 Å². The quantitative estimate of drug-likeness (QED) is 0.543. The number of nitrogens with zero attached hydrogens (tertiary/aromatic N) is 2. The molecule has 3 aromatic rings. The maximum absolute atomic E-state index is 14.2. The Kier molecular flexibility index (Phi) is 5.38. The van der Waals surface area contributed by atoms with E-state index >= 15 is 0 Å². The molecule has 0 saturated heterocycles. The largest absolute Gasteiger partial charge is 0.493 e. The Morgan fingerprint density at radius 2 is 2.00 bits per heavy atom. The first-order chi connectivity index (χ1) is 14.9. The second-order valence-corrected chi connectivity index (χ2v) is 9.31. The molecule has 9 heteroatoms. The molecule has 1 aromatic carbocycles. The number of nitriles is 1. The molecule has 32 heavy (non-hydrogen) atoms. The lowest BCUT2D eigenvalue weighted by atomic mass is 9.73. The third kappa shape index (κ3) is 4.03. The standard InChI is InChI=1S/C23H21ClF3N3O2/c1-21(2,18-8-15(24)5-13-3-4-32-20(13)18)12-22(31,23(25,26)27)9-16-6-14-7-17(10-28)29-11-19(14)30-16/h5-8,11,30-31H,3-4,9,12H2,1-2H3. The van der Waals surface area contributed by atoms with Crippen LogP contribution in [0, 0.1) is 11.3 Å². The zero-order valence-electron chi connectivity index (χ0n) is 17.5. The number of aliphatic hydroxyl groups is 1. The summed E-state index contributed by atoms with van der Waals surface area (Å²) in [6, 6.07) is 8.25. The minimum atomic E-state index is -4.89. The molecule has 0 radical (unpaired) electrons. The van der Waals surface area contributed by atoms with E-state index in [-0.39, 0.29) is 11.4 Å². The van der Waals surface area contributed by atoms with Crippen LogP contribution in [0.1, 0.15) is 42.8 Å². The van der Waals surface area contributed by atoms with E-state index < -0.39 is 30.0 Å². The van der Waals surface area contributed by atoms with Gasteiger partial charge in [-0.3, -0.25) is 0 Å². The van der Waals surface area contributed by atoms with Crippen molar-refractivity contribution < 1.29 is 23.0 Å².